The summed E-state index contributed by atoms with van der Waals surface area (Å²) in [5, 5.41) is 10.4. The van der Waals surface area contributed by atoms with Crippen LogP contribution in [0.5, 0.6) is 0 Å². The van der Waals surface area contributed by atoms with Gasteiger partial charge in [0.1, 0.15) is 5.84 Å². The van der Waals surface area contributed by atoms with Gasteiger partial charge in [-0.25, -0.2) is 0 Å². The standard InChI is InChI=1S/C8H9N3O2.ClH/c1-10-8(9)6-3-2-4-7(5-6)11(12)13;/h2-5H,1H3,(H2,9,10);1H. The van der Waals surface area contributed by atoms with Crippen LogP contribution in [0.2, 0.25) is 0 Å². The number of hydrogen-bond acceptors (Lipinski definition) is 3. The molecule has 6 heteroatoms. The van der Waals surface area contributed by atoms with Crippen molar-refractivity contribution >= 4 is 23.9 Å². The molecule has 14 heavy (non-hydrogen) atoms. The average Bonchev–Trinajstić information content (AvgIpc) is 2.17. The average molecular weight is 216 g/mol. The van der Waals surface area contributed by atoms with Crippen LogP contribution in [0.1, 0.15) is 5.56 Å². The molecule has 0 radical (unpaired) electrons. The van der Waals surface area contributed by atoms with Crippen LogP contribution in [-0.2, 0) is 0 Å². The maximum atomic E-state index is 10.4. The van der Waals surface area contributed by atoms with E-state index >= 15 is 0 Å². The first-order valence-corrected chi connectivity index (χ1v) is 3.62. The van der Waals surface area contributed by atoms with Crippen LogP contribution in [0.15, 0.2) is 29.3 Å². The SMILES string of the molecule is CN=C(N)c1cccc([N+](=O)[O-])c1.Cl. The van der Waals surface area contributed by atoms with Crippen LogP contribution in [0.25, 0.3) is 0 Å². The van der Waals surface area contributed by atoms with Crippen LogP contribution >= 0.6 is 12.4 Å². The Hall–Kier alpha value is -1.62. The van der Waals surface area contributed by atoms with E-state index in [0.717, 1.165) is 0 Å². The molecular formula is C8H10ClN3O2. The Labute approximate surface area is 87.2 Å². The number of amidine groups is 1. The third kappa shape index (κ3) is 2.70. The molecule has 0 fully saturated rings. The first-order chi connectivity index (χ1) is 6.15. The highest BCUT2D eigenvalue weighted by atomic mass is 35.5. The van der Waals surface area contributed by atoms with Crippen molar-refractivity contribution in [3.8, 4) is 0 Å². The maximum absolute atomic E-state index is 10.4. The number of rotatable bonds is 2. The van der Waals surface area contributed by atoms with E-state index in [1.165, 1.54) is 19.2 Å². The molecule has 0 spiro atoms. The molecule has 0 aliphatic heterocycles. The van der Waals surface area contributed by atoms with Gasteiger partial charge in [0.2, 0.25) is 0 Å². The van der Waals surface area contributed by atoms with Gasteiger partial charge in [0.05, 0.1) is 4.92 Å². The molecule has 1 rings (SSSR count). The lowest BCUT2D eigenvalue weighted by Gasteiger charge is -1.98. The molecule has 1 aromatic rings. The van der Waals surface area contributed by atoms with Gasteiger partial charge < -0.3 is 5.73 Å². The van der Waals surface area contributed by atoms with E-state index in [1.807, 2.05) is 0 Å². The fourth-order valence-electron chi connectivity index (χ4n) is 0.908. The van der Waals surface area contributed by atoms with Crippen LogP contribution < -0.4 is 5.73 Å². The number of benzene rings is 1. The van der Waals surface area contributed by atoms with Crippen molar-refractivity contribution in [1.29, 1.82) is 0 Å². The van der Waals surface area contributed by atoms with Crippen molar-refractivity contribution < 1.29 is 4.92 Å². The topological polar surface area (TPSA) is 81.5 Å². The Balaban J connectivity index is 0.00000169. The predicted molar refractivity (Wildman–Crippen MR) is 57.0 cm³/mol. The molecule has 76 valence electrons. The second-order valence-electron chi connectivity index (χ2n) is 2.42. The number of nitrogens with zero attached hydrogens (tertiary/aromatic N) is 2. The van der Waals surface area contributed by atoms with E-state index < -0.39 is 4.92 Å². The molecule has 0 saturated carbocycles. The van der Waals surface area contributed by atoms with Gasteiger partial charge in [0, 0.05) is 24.7 Å². The Bertz CT molecular complexity index is 365. The molecule has 1 aromatic carbocycles. The minimum Gasteiger partial charge on any atom is -0.384 e. The van der Waals surface area contributed by atoms with E-state index in [0.29, 0.717) is 11.4 Å². The number of non-ortho nitro benzene ring substituents is 1. The van der Waals surface area contributed by atoms with Crippen molar-refractivity contribution in [1.82, 2.24) is 0 Å². The second-order valence-corrected chi connectivity index (χ2v) is 2.42. The number of aliphatic imine (C=N–C) groups is 1. The maximum Gasteiger partial charge on any atom is 0.270 e. The van der Waals surface area contributed by atoms with Gasteiger partial charge in [0.25, 0.3) is 5.69 Å². The summed E-state index contributed by atoms with van der Waals surface area (Å²) in [5.74, 6) is 0.295. The van der Waals surface area contributed by atoms with Gasteiger partial charge in [-0.3, -0.25) is 15.1 Å². The van der Waals surface area contributed by atoms with E-state index in [-0.39, 0.29) is 18.1 Å². The zero-order valence-electron chi connectivity index (χ0n) is 7.51. The fraction of sp³-hybridized carbons (Fsp3) is 0.125. The summed E-state index contributed by atoms with van der Waals surface area (Å²) >= 11 is 0. The molecule has 0 aliphatic rings. The predicted octanol–water partition coefficient (Wildman–Crippen LogP) is 1.35. The Morgan fingerprint density at radius 1 is 1.57 bits per heavy atom. The van der Waals surface area contributed by atoms with Crippen LogP contribution in [0.3, 0.4) is 0 Å². The van der Waals surface area contributed by atoms with E-state index in [4.69, 9.17) is 5.73 Å². The highest BCUT2D eigenvalue weighted by Gasteiger charge is 2.06. The summed E-state index contributed by atoms with van der Waals surface area (Å²) in [6.45, 7) is 0. The third-order valence-corrected chi connectivity index (χ3v) is 1.59. The summed E-state index contributed by atoms with van der Waals surface area (Å²) in [5.41, 5.74) is 6.07. The van der Waals surface area contributed by atoms with Gasteiger partial charge in [-0.1, -0.05) is 12.1 Å². The van der Waals surface area contributed by atoms with Gasteiger partial charge in [0.15, 0.2) is 0 Å². The first-order valence-electron chi connectivity index (χ1n) is 3.62. The lowest BCUT2D eigenvalue weighted by atomic mass is 10.2. The van der Waals surface area contributed by atoms with E-state index in [1.54, 1.807) is 12.1 Å². The van der Waals surface area contributed by atoms with Crippen LogP contribution in [0, 0.1) is 10.1 Å². The minimum atomic E-state index is -0.466. The third-order valence-electron chi connectivity index (χ3n) is 1.59. The molecular weight excluding hydrogens is 206 g/mol. The molecule has 0 atom stereocenters. The normalized spacial score (nSPS) is 10.5. The molecule has 2 N–H and O–H groups in total. The summed E-state index contributed by atoms with van der Waals surface area (Å²) in [6, 6.07) is 6.05. The molecule has 5 nitrogen and oxygen atoms in total. The largest absolute Gasteiger partial charge is 0.384 e. The van der Waals surface area contributed by atoms with Gasteiger partial charge in [-0.05, 0) is 0 Å². The summed E-state index contributed by atoms with van der Waals surface area (Å²) in [7, 11) is 1.54. The first kappa shape index (κ1) is 12.4. The van der Waals surface area contributed by atoms with Gasteiger partial charge >= 0.3 is 0 Å². The van der Waals surface area contributed by atoms with E-state index in [9.17, 15) is 10.1 Å². The summed E-state index contributed by atoms with van der Waals surface area (Å²) in [4.78, 5) is 13.7. The molecule has 0 saturated heterocycles. The lowest BCUT2D eigenvalue weighted by molar-refractivity contribution is -0.384. The van der Waals surface area contributed by atoms with Crippen molar-refractivity contribution in [3.05, 3.63) is 39.9 Å². The molecule has 0 amide bonds. The fourth-order valence-corrected chi connectivity index (χ4v) is 0.908. The number of nitro benzene ring substituents is 1. The highest BCUT2D eigenvalue weighted by molar-refractivity contribution is 5.97. The van der Waals surface area contributed by atoms with Crippen molar-refractivity contribution in [3.63, 3.8) is 0 Å². The molecule has 0 aliphatic carbocycles. The zero-order valence-corrected chi connectivity index (χ0v) is 8.32. The second kappa shape index (κ2) is 5.18. The minimum absolute atomic E-state index is 0. The number of nitrogens with two attached hydrogens (primary N) is 1. The summed E-state index contributed by atoms with van der Waals surface area (Å²) < 4.78 is 0. The summed E-state index contributed by atoms with van der Waals surface area (Å²) in [6.07, 6.45) is 0. The molecule has 0 aromatic heterocycles. The monoisotopic (exact) mass is 215 g/mol. The Kier molecular flexibility index (Phi) is 4.58. The Morgan fingerprint density at radius 2 is 2.21 bits per heavy atom. The zero-order chi connectivity index (χ0) is 9.84. The van der Waals surface area contributed by atoms with E-state index in [2.05, 4.69) is 4.99 Å². The molecule has 0 unspecified atom stereocenters. The van der Waals surface area contributed by atoms with Gasteiger partial charge in [-0.15, -0.1) is 12.4 Å². The number of nitro groups is 1. The van der Waals surface area contributed by atoms with Gasteiger partial charge in [-0.2, -0.15) is 0 Å². The van der Waals surface area contributed by atoms with Crippen LogP contribution in [-0.4, -0.2) is 17.8 Å². The number of hydrogen-bond donors (Lipinski definition) is 1. The number of halogens is 1. The molecule has 0 bridgehead atoms. The van der Waals surface area contributed by atoms with Crippen molar-refractivity contribution in [2.45, 2.75) is 0 Å². The highest BCUT2D eigenvalue weighted by Crippen LogP contribution is 2.12. The van der Waals surface area contributed by atoms with Crippen molar-refractivity contribution in [2.24, 2.45) is 10.7 Å². The Morgan fingerprint density at radius 3 is 2.71 bits per heavy atom. The van der Waals surface area contributed by atoms with Crippen molar-refractivity contribution in [2.75, 3.05) is 7.05 Å². The smallest absolute Gasteiger partial charge is 0.270 e. The quantitative estimate of drug-likeness (QED) is 0.350. The lowest BCUT2D eigenvalue weighted by Crippen LogP contribution is -2.12. The van der Waals surface area contributed by atoms with Crippen LogP contribution in [0.4, 0.5) is 5.69 Å². The molecule has 0 heterocycles.